The number of nitrogens with one attached hydrogen (secondary N) is 2. The smallest absolute Gasteiger partial charge is 0.196 e. The molecule has 1 aromatic heterocycles. The molecule has 2 atom stereocenters. The van der Waals surface area contributed by atoms with E-state index in [0.29, 0.717) is 6.54 Å². The van der Waals surface area contributed by atoms with E-state index < -0.39 is 0 Å². The molecule has 0 aliphatic heterocycles. The first-order valence-electron chi connectivity index (χ1n) is 9.47. The molecule has 1 saturated carbocycles. The minimum Gasteiger partial charge on any atom is -0.352 e. The number of nitrogens with zero attached hydrogens (tertiary/aromatic N) is 1. The van der Waals surface area contributed by atoms with E-state index in [1.54, 1.807) is 11.3 Å². The van der Waals surface area contributed by atoms with Crippen molar-refractivity contribution in [2.75, 3.05) is 5.32 Å². The van der Waals surface area contributed by atoms with E-state index in [9.17, 15) is 0 Å². The fraction of sp³-hybridized carbons (Fsp3) is 0.476. The average molecular weight is 371 g/mol. The van der Waals surface area contributed by atoms with Gasteiger partial charge in [0, 0.05) is 22.6 Å². The van der Waals surface area contributed by atoms with E-state index >= 15 is 0 Å². The van der Waals surface area contributed by atoms with E-state index in [1.807, 2.05) is 0 Å². The molecule has 1 fully saturated rings. The molecule has 5 heteroatoms. The number of anilines is 1. The fourth-order valence-electron chi connectivity index (χ4n) is 3.69. The van der Waals surface area contributed by atoms with E-state index in [0.717, 1.165) is 24.5 Å². The number of benzene rings is 1. The van der Waals surface area contributed by atoms with Crippen LogP contribution in [0.1, 0.15) is 47.3 Å². The Hall–Kier alpha value is -1.85. The molecule has 1 aliphatic carbocycles. The van der Waals surface area contributed by atoms with Gasteiger partial charge in [0.15, 0.2) is 5.96 Å². The van der Waals surface area contributed by atoms with E-state index in [-0.39, 0.29) is 12.1 Å². The fourth-order valence-corrected chi connectivity index (χ4v) is 4.32. The molecule has 26 heavy (non-hydrogen) atoms. The molecule has 0 radical (unpaired) electrons. The number of aliphatic imine (C=N–C) groups is 1. The second kappa shape index (κ2) is 8.69. The molecule has 4 nitrogen and oxygen atoms in total. The molecule has 0 saturated heterocycles. The highest BCUT2D eigenvalue weighted by atomic mass is 32.1. The molecule has 140 valence electrons. The zero-order chi connectivity index (χ0) is 18.5. The number of hydrogen-bond donors (Lipinski definition) is 3. The summed E-state index contributed by atoms with van der Waals surface area (Å²) >= 11 is 1.74. The number of guanidine groups is 1. The lowest BCUT2D eigenvalue weighted by molar-refractivity contribution is 0.360. The quantitative estimate of drug-likeness (QED) is 0.548. The van der Waals surface area contributed by atoms with Crippen LogP contribution >= 0.6 is 11.3 Å². The molecule has 0 unspecified atom stereocenters. The van der Waals surface area contributed by atoms with Crippen molar-refractivity contribution in [1.29, 1.82) is 0 Å². The van der Waals surface area contributed by atoms with Gasteiger partial charge in [-0.05, 0) is 56.2 Å². The van der Waals surface area contributed by atoms with Crippen LogP contribution in [-0.2, 0) is 6.54 Å². The first kappa shape index (κ1) is 18.9. The van der Waals surface area contributed by atoms with Crippen molar-refractivity contribution in [3.8, 4) is 0 Å². The molecular formula is C21H30N4S. The Bertz CT molecular complexity index is 728. The Morgan fingerprint density at radius 3 is 2.58 bits per heavy atom. The predicted octanol–water partition coefficient (Wildman–Crippen LogP) is 4.50. The molecule has 4 N–H and O–H groups in total. The van der Waals surface area contributed by atoms with Crippen LogP contribution in [0.2, 0.25) is 0 Å². The van der Waals surface area contributed by atoms with Gasteiger partial charge in [-0.1, -0.05) is 36.6 Å². The molecule has 0 spiro atoms. The molecule has 0 amide bonds. The van der Waals surface area contributed by atoms with E-state index in [4.69, 9.17) is 10.7 Å². The normalized spacial score (nSPS) is 20.8. The van der Waals surface area contributed by atoms with Crippen molar-refractivity contribution in [3.05, 3.63) is 51.2 Å². The molecule has 2 aromatic rings. The van der Waals surface area contributed by atoms with E-state index in [1.165, 1.54) is 34.4 Å². The highest BCUT2D eigenvalue weighted by Crippen LogP contribution is 2.23. The molecular weight excluding hydrogens is 340 g/mol. The maximum Gasteiger partial charge on any atom is 0.196 e. The van der Waals surface area contributed by atoms with Crippen molar-refractivity contribution in [2.24, 2.45) is 10.7 Å². The van der Waals surface area contributed by atoms with Gasteiger partial charge in [0.2, 0.25) is 0 Å². The van der Waals surface area contributed by atoms with Crippen LogP contribution in [0.25, 0.3) is 0 Å². The first-order chi connectivity index (χ1) is 12.5. The number of thiophene rings is 1. The van der Waals surface area contributed by atoms with Crippen molar-refractivity contribution >= 4 is 23.0 Å². The summed E-state index contributed by atoms with van der Waals surface area (Å²) in [6.45, 7) is 7.10. The third-order valence-corrected chi connectivity index (χ3v) is 5.90. The van der Waals surface area contributed by atoms with Gasteiger partial charge in [0.05, 0.1) is 6.54 Å². The summed E-state index contributed by atoms with van der Waals surface area (Å²) in [4.78, 5) is 6.10. The van der Waals surface area contributed by atoms with Crippen molar-refractivity contribution in [2.45, 2.75) is 65.1 Å². The van der Waals surface area contributed by atoms with Gasteiger partial charge in [-0.15, -0.1) is 11.3 Å². The maximum absolute atomic E-state index is 6.35. The number of aryl methyl sites for hydroxylation is 3. The van der Waals surface area contributed by atoms with Gasteiger partial charge in [-0.2, -0.15) is 0 Å². The second-order valence-corrected chi connectivity index (χ2v) is 8.37. The van der Waals surface area contributed by atoms with Crippen LogP contribution in [-0.4, -0.2) is 18.0 Å². The maximum atomic E-state index is 6.35. The Morgan fingerprint density at radius 2 is 1.92 bits per heavy atom. The number of rotatable bonds is 4. The Balaban J connectivity index is 1.81. The minimum absolute atomic E-state index is 0.192. The lowest BCUT2D eigenvalue weighted by Crippen LogP contribution is -2.51. The van der Waals surface area contributed by atoms with Crippen molar-refractivity contribution < 1.29 is 0 Å². The second-order valence-electron chi connectivity index (χ2n) is 7.34. The minimum atomic E-state index is 0.192. The molecule has 1 aliphatic rings. The Kier molecular flexibility index (Phi) is 6.33. The zero-order valence-electron chi connectivity index (χ0n) is 16.0. The molecule has 1 aromatic carbocycles. The summed E-state index contributed by atoms with van der Waals surface area (Å²) in [6, 6.07) is 9.08. The lowest BCUT2D eigenvalue weighted by atomic mass is 9.91. The van der Waals surface area contributed by atoms with Gasteiger partial charge in [-0.3, -0.25) is 0 Å². The van der Waals surface area contributed by atoms with Crippen LogP contribution in [0.15, 0.2) is 34.6 Å². The van der Waals surface area contributed by atoms with Crippen LogP contribution in [0.5, 0.6) is 0 Å². The monoisotopic (exact) mass is 370 g/mol. The highest BCUT2D eigenvalue weighted by Gasteiger charge is 2.23. The van der Waals surface area contributed by atoms with Gasteiger partial charge in [0.25, 0.3) is 0 Å². The SMILES string of the molecule is Cc1cc(C)c(NC(=NCc2cccs2)N[C@H]2CCCC[C@@H]2N)c(C)c1. The summed E-state index contributed by atoms with van der Waals surface area (Å²) in [5.41, 5.74) is 11.2. The standard InChI is InChI=1S/C21H30N4S/c1-14-11-15(2)20(16(3)12-14)25-21(23-13-17-7-6-10-26-17)24-19-9-5-4-8-18(19)22/h6-7,10-12,18-19H,4-5,8-9,13,22H2,1-3H3,(H2,23,24,25)/t18-,19-/m0/s1. The first-order valence-corrected chi connectivity index (χ1v) is 10.3. The van der Waals surface area contributed by atoms with Gasteiger partial charge in [-0.25, -0.2) is 4.99 Å². The van der Waals surface area contributed by atoms with Crippen LogP contribution in [0.4, 0.5) is 5.69 Å². The summed E-state index contributed by atoms with van der Waals surface area (Å²) < 4.78 is 0. The topological polar surface area (TPSA) is 62.4 Å². The summed E-state index contributed by atoms with van der Waals surface area (Å²) in [5, 5.41) is 9.26. The predicted molar refractivity (Wildman–Crippen MR) is 113 cm³/mol. The molecule has 3 rings (SSSR count). The van der Waals surface area contributed by atoms with Crippen LogP contribution in [0.3, 0.4) is 0 Å². The van der Waals surface area contributed by atoms with Crippen LogP contribution < -0.4 is 16.4 Å². The summed E-state index contributed by atoms with van der Waals surface area (Å²) in [5.74, 6) is 0.829. The Labute approximate surface area is 160 Å². The van der Waals surface area contributed by atoms with Gasteiger partial charge >= 0.3 is 0 Å². The molecule has 1 heterocycles. The number of hydrogen-bond acceptors (Lipinski definition) is 3. The highest BCUT2D eigenvalue weighted by molar-refractivity contribution is 7.09. The number of nitrogens with two attached hydrogens (primary N) is 1. The Morgan fingerprint density at radius 1 is 1.19 bits per heavy atom. The van der Waals surface area contributed by atoms with Crippen molar-refractivity contribution in [1.82, 2.24) is 5.32 Å². The third-order valence-electron chi connectivity index (χ3n) is 5.04. The summed E-state index contributed by atoms with van der Waals surface area (Å²) in [6.07, 6.45) is 4.64. The van der Waals surface area contributed by atoms with Gasteiger partial charge in [0.1, 0.15) is 0 Å². The van der Waals surface area contributed by atoms with Gasteiger partial charge < -0.3 is 16.4 Å². The largest absolute Gasteiger partial charge is 0.352 e. The zero-order valence-corrected chi connectivity index (χ0v) is 16.8. The van der Waals surface area contributed by atoms with E-state index in [2.05, 4.69) is 61.1 Å². The molecule has 0 bridgehead atoms. The third kappa shape index (κ3) is 4.86. The summed E-state index contributed by atoms with van der Waals surface area (Å²) in [7, 11) is 0. The van der Waals surface area contributed by atoms with Crippen molar-refractivity contribution in [3.63, 3.8) is 0 Å². The van der Waals surface area contributed by atoms with Crippen LogP contribution in [0, 0.1) is 20.8 Å². The lowest BCUT2D eigenvalue weighted by Gasteiger charge is -2.31. The average Bonchev–Trinajstić information content (AvgIpc) is 3.11.